The normalized spacial score (nSPS) is 10.5. The van der Waals surface area contributed by atoms with Crippen molar-refractivity contribution < 1.29 is 9.59 Å². The van der Waals surface area contributed by atoms with Crippen LogP contribution in [0.2, 0.25) is 10.0 Å². The molecule has 0 spiro atoms. The van der Waals surface area contributed by atoms with E-state index in [1.165, 1.54) is 38.5 Å². The van der Waals surface area contributed by atoms with Crippen molar-refractivity contribution in [3.05, 3.63) is 28.2 Å². The van der Waals surface area contributed by atoms with Gasteiger partial charge in [-0.15, -0.1) is 0 Å². The van der Waals surface area contributed by atoms with Crippen molar-refractivity contribution in [3.63, 3.8) is 0 Å². The van der Waals surface area contributed by atoms with Gasteiger partial charge < -0.3 is 10.6 Å². The van der Waals surface area contributed by atoms with Gasteiger partial charge in [0.1, 0.15) is 0 Å². The minimum absolute atomic E-state index is 0.225. The first-order valence-corrected chi connectivity index (χ1v) is 9.35. The smallest absolute Gasteiger partial charge is 0.313 e. The van der Waals surface area contributed by atoms with E-state index in [2.05, 4.69) is 17.6 Å². The zero-order valence-corrected chi connectivity index (χ0v) is 15.7. The van der Waals surface area contributed by atoms with E-state index in [1.807, 2.05) is 0 Å². The number of halogens is 2. The summed E-state index contributed by atoms with van der Waals surface area (Å²) in [7, 11) is 0. The maximum absolute atomic E-state index is 11.8. The molecular formula is C18H26Cl2N2O2. The lowest BCUT2D eigenvalue weighted by molar-refractivity contribution is -0.136. The van der Waals surface area contributed by atoms with Crippen LogP contribution in [0.15, 0.2) is 18.2 Å². The van der Waals surface area contributed by atoms with Crippen LogP contribution in [0.25, 0.3) is 0 Å². The van der Waals surface area contributed by atoms with Crippen molar-refractivity contribution in [3.8, 4) is 0 Å². The maximum atomic E-state index is 11.8. The molecule has 0 aliphatic heterocycles. The average molecular weight is 373 g/mol. The van der Waals surface area contributed by atoms with Gasteiger partial charge in [0, 0.05) is 6.54 Å². The molecule has 0 radical (unpaired) electrons. The third-order valence-electron chi connectivity index (χ3n) is 3.72. The molecule has 0 saturated carbocycles. The zero-order chi connectivity index (χ0) is 17.8. The molecule has 0 unspecified atom stereocenters. The highest BCUT2D eigenvalue weighted by Gasteiger charge is 2.15. The van der Waals surface area contributed by atoms with E-state index in [-0.39, 0.29) is 5.02 Å². The van der Waals surface area contributed by atoms with E-state index in [4.69, 9.17) is 23.2 Å². The number of hydrogen-bond acceptors (Lipinski definition) is 2. The summed E-state index contributed by atoms with van der Waals surface area (Å²) in [6.45, 7) is 2.71. The third-order valence-corrected chi connectivity index (χ3v) is 4.54. The van der Waals surface area contributed by atoms with Crippen molar-refractivity contribution in [1.82, 2.24) is 5.32 Å². The largest absolute Gasteiger partial charge is 0.348 e. The Bertz CT molecular complexity index is 536. The predicted molar refractivity (Wildman–Crippen MR) is 101 cm³/mol. The summed E-state index contributed by atoms with van der Waals surface area (Å²) in [5.74, 6) is -1.40. The van der Waals surface area contributed by atoms with E-state index in [1.54, 1.807) is 18.2 Å². The van der Waals surface area contributed by atoms with Crippen LogP contribution >= 0.6 is 23.2 Å². The van der Waals surface area contributed by atoms with Crippen molar-refractivity contribution >= 4 is 40.7 Å². The summed E-state index contributed by atoms with van der Waals surface area (Å²) >= 11 is 11.8. The Balaban J connectivity index is 2.16. The van der Waals surface area contributed by atoms with Gasteiger partial charge in [-0.2, -0.15) is 0 Å². The predicted octanol–water partition coefficient (Wildman–Crippen LogP) is 5.19. The summed E-state index contributed by atoms with van der Waals surface area (Å²) in [6.07, 6.45) is 9.50. The molecule has 0 aliphatic rings. The Kier molecular flexibility index (Phi) is 10.5. The number of carbonyl (C=O) groups is 2. The van der Waals surface area contributed by atoms with E-state index in [9.17, 15) is 9.59 Å². The van der Waals surface area contributed by atoms with Crippen LogP contribution in [0.1, 0.15) is 58.3 Å². The number of nitrogens with one attached hydrogen (secondary N) is 2. The molecule has 4 nitrogen and oxygen atoms in total. The second-order valence-corrected chi connectivity index (χ2v) is 6.57. The van der Waals surface area contributed by atoms with Crippen LogP contribution in [-0.4, -0.2) is 18.4 Å². The molecule has 0 atom stereocenters. The molecule has 24 heavy (non-hydrogen) atoms. The summed E-state index contributed by atoms with van der Waals surface area (Å²) in [5, 5.41) is 5.64. The SMILES string of the molecule is CCCCCCCCCCNC(=O)C(=O)Nc1cccc(Cl)c1Cl. The Labute approximate surface area is 154 Å². The second kappa shape index (κ2) is 12.2. The minimum Gasteiger partial charge on any atom is -0.348 e. The highest BCUT2D eigenvalue weighted by Crippen LogP contribution is 2.29. The maximum Gasteiger partial charge on any atom is 0.313 e. The topological polar surface area (TPSA) is 58.2 Å². The molecule has 0 saturated heterocycles. The average Bonchev–Trinajstić information content (AvgIpc) is 2.57. The number of anilines is 1. The van der Waals surface area contributed by atoms with Crippen molar-refractivity contribution in [2.24, 2.45) is 0 Å². The molecule has 6 heteroatoms. The summed E-state index contributed by atoms with van der Waals surface area (Å²) in [5.41, 5.74) is 0.330. The molecule has 1 aromatic rings. The highest BCUT2D eigenvalue weighted by molar-refractivity contribution is 6.45. The van der Waals surface area contributed by atoms with E-state index >= 15 is 0 Å². The minimum atomic E-state index is -0.737. The second-order valence-electron chi connectivity index (χ2n) is 5.79. The van der Waals surface area contributed by atoms with Crippen LogP contribution in [0.4, 0.5) is 5.69 Å². The molecule has 0 aliphatic carbocycles. The Morgan fingerprint density at radius 2 is 1.54 bits per heavy atom. The molecule has 134 valence electrons. The van der Waals surface area contributed by atoms with Gasteiger partial charge in [-0.1, -0.05) is 81.1 Å². The summed E-state index contributed by atoms with van der Waals surface area (Å²) < 4.78 is 0. The lowest BCUT2D eigenvalue weighted by Gasteiger charge is -2.08. The van der Waals surface area contributed by atoms with Crippen molar-refractivity contribution in [2.75, 3.05) is 11.9 Å². The first-order chi connectivity index (χ1) is 11.6. The molecular weight excluding hydrogens is 347 g/mol. The van der Waals surface area contributed by atoms with Crippen LogP contribution < -0.4 is 10.6 Å². The highest BCUT2D eigenvalue weighted by atomic mass is 35.5. The Morgan fingerprint density at radius 1 is 0.917 bits per heavy atom. The van der Waals surface area contributed by atoms with Crippen molar-refractivity contribution in [1.29, 1.82) is 0 Å². The van der Waals surface area contributed by atoms with Gasteiger partial charge in [-0.05, 0) is 18.6 Å². The number of rotatable bonds is 10. The van der Waals surface area contributed by atoms with Gasteiger partial charge in [0.05, 0.1) is 15.7 Å². The van der Waals surface area contributed by atoms with Gasteiger partial charge in [0.15, 0.2) is 0 Å². The summed E-state index contributed by atoms with van der Waals surface area (Å²) in [6, 6.07) is 4.86. The molecule has 0 fully saturated rings. The quantitative estimate of drug-likeness (QED) is 0.438. The summed E-state index contributed by atoms with van der Waals surface area (Å²) in [4.78, 5) is 23.6. The third kappa shape index (κ3) is 8.02. The molecule has 1 aromatic carbocycles. The molecule has 2 N–H and O–H groups in total. The van der Waals surface area contributed by atoms with Gasteiger partial charge >= 0.3 is 11.8 Å². The van der Waals surface area contributed by atoms with Crippen LogP contribution in [0.5, 0.6) is 0 Å². The number of hydrogen-bond donors (Lipinski definition) is 2. The number of benzene rings is 1. The fourth-order valence-electron chi connectivity index (χ4n) is 2.32. The van der Waals surface area contributed by atoms with E-state index in [0.717, 1.165) is 12.8 Å². The molecule has 0 heterocycles. The van der Waals surface area contributed by atoms with Gasteiger partial charge in [-0.25, -0.2) is 0 Å². The zero-order valence-electron chi connectivity index (χ0n) is 14.2. The van der Waals surface area contributed by atoms with Gasteiger partial charge in [0.2, 0.25) is 0 Å². The van der Waals surface area contributed by atoms with Crippen LogP contribution in [0.3, 0.4) is 0 Å². The first kappa shape index (κ1) is 20.8. The number of amides is 2. The first-order valence-electron chi connectivity index (χ1n) is 8.59. The van der Waals surface area contributed by atoms with Gasteiger partial charge in [-0.3, -0.25) is 9.59 Å². The lowest BCUT2D eigenvalue weighted by Crippen LogP contribution is -2.35. The molecule has 2 amide bonds. The van der Waals surface area contributed by atoms with E-state index < -0.39 is 11.8 Å². The number of unbranched alkanes of at least 4 members (excludes halogenated alkanes) is 7. The number of carbonyl (C=O) groups excluding carboxylic acids is 2. The van der Waals surface area contributed by atoms with Crippen molar-refractivity contribution in [2.45, 2.75) is 58.3 Å². The fourth-order valence-corrected chi connectivity index (χ4v) is 2.67. The Hall–Kier alpha value is -1.26. The lowest BCUT2D eigenvalue weighted by atomic mass is 10.1. The Morgan fingerprint density at radius 3 is 2.21 bits per heavy atom. The van der Waals surface area contributed by atoms with Gasteiger partial charge in [0.25, 0.3) is 0 Å². The molecule has 1 rings (SSSR count). The standard InChI is InChI=1S/C18H26Cl2N2O2/c1-2-3-4-5-6-7-8-9-13-21-17(23)18(24)22-15-12-10-11-14(19)16(15)20/h10-12H,2-9,13H2,1H3,(H,21,23)(H,22,24). The monoisotopic (exact) mass is 372 g/mol. The van der Waals surface area contributed by atoms with Crippen LogP contribution in [0, 0.1) is 0 Å². The van der Waals surface area contributed by atoms with Crippen LogP contribution in [-0.2, 0) is 9.59 Å². The van der Waals surface area contributed by atoms with E-state index in [0.29, 0.717) is 17.3 Å². The molecule has 0 bridgehead atoms. The fraction of sp³-hybridized carbons (Fsp3) is 0.556. The molecule has 0 aromatic heterocycles.